The molecule has 0 radical (unpaired) electrons. The van der Waals surface area contributed by atoms with Gasteiger partial charge in [0, 0.05) is 31.8 Å². The molecule has 0 aromatic carbocycles. The minimum Gasteiger partial charge on any atom is -0.381 e. The lowest BCUT2D eigenvalue weighted by atomic mass is 10.1. The third-order valence-electron chi connectivity index (χ3n) is 2.90. The standard InChI is InChI=1S/C12H25NO2/c1-4-7-14-8-5-6-13-11(2)9-15-10-12(13)3/h11-12H,4-10H2,1-3H3/t11-,12+. The van der Waals surface area contributed by atoms with Crippen LogP contribution in [0.3, 0.4) is 0 Å². The zero-order chi connectivity index (χ0) is 11.1. The highest BCUT2D eigenvalue weighted by molar-refractivity contribution is 4.77. The monoisotopic (exact) mass is 215 g/mol. The summed E-state index contributed by atoms with van der Waals surface area (Å²) in [6.07, 6.45) is 2.25. The Labute approximate surface area is 93.7 Å². The van der Waals surface area contributed by atoms with Crippen molar-refractivity contribution in [3.05, 3.63) is 0 Å². The highest BCUT2D eigenvalue weighted by Gasteiger charge is 2.24. The lowest BCUT2D eigenvalue weighted by Gasteiger charge is -2.38. The first-order chi connectivity index (χ1) is 7.25. The number of hydrogen-bond acceptors (Lipinski definition) is 3. The maximum Gasteiger partial charge on any atom is 0.0620 e. The van der Waals surface area contributed by atoms with Crippen molar-refractivity contribution in [2.45, 2.75) is 45.7 Å². The fraction of sp³-hybridized carbons (Fsp3) is 1.00. The molecule has 1 fully saturated rings. The van der Waals surface area contributed by atoms with E-state index in [9.17, 15) is 0 Å². The summed E-state index contributed by atoms with van der Waals surface area (Å²) < 4.78 is 11.0. The number of rotatable bonds is 6. The molecule has 1 aliphatic heterocycles. The second-order valence-electron chi connectivity index (χ2n) is 4.44. The molecule has 90 valence electrons. The fourth-order valence-corrected chi connectivity index (χ4v) is 2.07. The molecule has 1 aliphatic rings. The van der Waals surface area contributed by atoms with Crippen LogP contribution in [-0.4, -0.2) is 50.0 Å². The summed E-state index contributed by atoms with van der Waals surface area (Å²) in [6.45, 7) is 11.3. The first-order valence-corrected chi connectivity index (χ1v) is 6.17. The Kier molecular flexibility index (Phi) is 6.22. The summed E-state index contributed by atoms with van der Waals surface area (Å²) in [7, 11) is 0. The van der Waals surface area contributed by atoms with Gasteiger partial charge in [0.15, 0.2) is 0 Å². The second kappa shape index (κ2) is 7.20. The number of ether oxygens (including phenoxy) is 2. The molecule has 3 heteroatoms. The third kappa shape index (κ3) is 4.49. The Bertz CT molecular complexity index is 154. The van der Waals surface area contributed by atoms with Gasteiger partial charge in [-0.1, -0.05) is 6.92 Å². The Morgan fingerprint density at radius 2 is 1.87 bits per heavy atom. The van der Waals surface area contributed by atoms with Gasteiger partial charge in [-0.05, 0) is 26.7 Å². The topological polar surface area (TPSA) is 21.7 Å². The molecule has 1 rings (SSSR count). The quantitative estimate of drug-likeness (QED) is 0.632. The number of hydrogen-bond donors (Lipinski definition) is 0. The van der Waals surface area contributed by atoms with Crippen molar-refractivity contribution in [1.82, 2.24) is 4.90 Å². The maximum absolute atomic E-state index is 5.50. The maximum atomic E-state index is 5.50. The number of morpholine rings is 1. The molecule has 0 aliphatic carbocycles. The van der Waals surface area contributed by atoms with E-state index >= 15 is 0 Å². The van der Waals surface area contributed by atoms with Gasteiger partial charge in [-0.2, -0.15) is 0 Å². The summed E-state index contributed by atoms with van der Waals surface area (Å²) >= 11 is 0. The SMILES string of the molecule is CCCOCCCN1[C@H](C)COC[C@@H]1C. The van der Waals surface area contributed by atoms with Gasteiger partial charge in [0.1, 0.15) is 0 Å². The molecule has 3 nitrogen and oxygen atoms in total. The van der Waals surface area contributed by atoms with Crippen LogP contribution < -0.4 is 0 Å². The average molecular weight is 215 g/mol. The second-order valence-corrected chi connectivity index (χ2v) is 4.44. The summed E-state index contributed by atoms with van der Waals surface area (Å²) in [5.41, 5.74) is 0. The van der Waals surface area contributed by atoms with E-state index in [0.29, 0.717) is 12.1 Å². The summed E-state index contributed by atoms with van der Waals surface area (Å²) in [5.74, 6) is 0. The first kappa shape index (κ1) is 12.9. The van der Waals surface area contributed by atoms with E-state index in [2.05, 4.69) is 25.7 Å². The lowest BCUT2D eigenvalue weighted by molar-refractivity contribution is -0.0396. The van der Waals surface area contributed by atoms with Crippen LogP contribution in [0.1, 0.15) is 33.6 Å². The molecule has 1 heterocycles. The van der Waals surface area contributed by atoms with E-state index in [1.54, 1.807) is 0 Å². The summed E-state index contributed by atoms with van der Waals surface area (Å²) in [4.78, 5) is 2.53. The Balaban J connectivity index is 2.12. The molecule has 0 saturated carbocycles. The molecular formula is C12H25NO2. The van der Waals surface area contributed by atoms with E-state index in [1.807, 2.05) is 0 Å². The largest absolute Gasteiger partial charge is 0.381 e. The molecular weight excluding hydrogens is 190 g/mol. The van der Waals surface area contributed by atoms with Crippen molar-refractivity contribution in [3.63, 3.8) is 0 Å². The molecule has 0 aromatic heterocycles. The van der Waals surface area contributed by atoms with Gasteiger partial charge < -0.3 is 9.47 Å². The van der Waals surface area contributed by atoms with Gasteiger partial charge in [0.05, 0.1) is 13.2 Å². The molecule has 2 atom stereocenters. The highest BCUT2D eigenvalue weighted by Crippen LogP contribution is 2.13. The third-order valence-corrected chi connectivity index (χ3v) is 2.90. The first-order valence-electron chi connectivity index (χ1n) is 6.17. The van der Waals surface area contributed by atoms with E-state index in [1.165, 1.54) is 0 Å². The van der Waals surface area contributed by atoms with Crippen molar-refractivity contribution in [1.29, 1.82) is 0 Å². The lowest BCUT2D eigenvalue weighted by Crippen LogP contribution is -2.49. The molecule has 1 saturated heterocycles. The van der Waals surface area contributed by atoms with Gasteiger partial charge >= 0.3 is 0 Å². The zero-order valence-corrected chi connectivity index (χ0v) is 10.4. The Hall–Kier alpha value is -0.120. The van der Waals surface area contributed by atoms with Crippen molar-refractivity contribution in [2.24, 2.45) is 0 Å². The molecule has 0 bridgehead atoms. The van der Waals surface area contributed by atoms with Gasteiger partial charge in [-0.3, -0.25) is 4.90 Å². The van der Waals surface area contributed by atoms with Crippen LogP contribution >= 0.6 is 0 Å². The Morgan fingerprint density at radius 3 is 2.47 bits per heavy atom. The van der Waals surface area contributed by atoms with Crippen LogP contribution in [0.25, 0.3) is 0 Å². The van der Waals surface area contributed by atoms with E-state index < -0.39 is 0 Å². The van der Waals surface area contributed by atoms with Crippen molar-refractivity contribution in [2.75, 3.05) is 33.0 Å². The normalized spacial score (nSPS) is 28.2. The summed E-state index contributed by atoms with van der Waals surface area (Å²) in [5, 5.41) is 0. The van der Waals surface area contributed by atoms with Crippen LogP contribution in [0.4, 0.5) is 0 Å². The van der Waals surface area contributed by atoms with Crippen LogP contribution in [0.2, 0.25) is 0 Å². The average Bonchev–Trinajstić information content (AvgIpc) is 2.21. The zero-order valence-electron chi connectivity index (χ0n) is 10.4. The van der Waals surface area contributed by atoms with Crippen LogP contribution in [-0.2, 0) is 9.47 Å². The molecule has 0 amide bonds. The van der Waals surface area contributed by atoms with Crippen LogP contribution in [0, 0.1) is 0 Å². The molecule has 15 heavy (non-hydrogen) atoms. The molecule has 0 aromatic rings. The van der Waals surface area contributed by atoms with Crippen molar-refractivity contribution < 1.29 is 9.47 Å². The number of nitrogens with zero attached hydrogens (tertiary/aromatic N) is 1. The van der Waals surface area contributed by atoms with Crippen LogP contribution in [0.5, 0.6) is 0 Å². The van der Waals surface area contributed by atoms with Gasteiger partial charge in [0.2, 0.25) is 0 Å². The minimum atomic E-state index is 0.555. The van der Waals surface area contributed by atoms with Gasteiger partial charge in [-0.15, -0.1) is 0 Å². The van der Waals surface area contributed by atoms with E-state index in [0.717, 1.165) is 45.8 Å². The minimum absolute atomic E-state index is 0.555. The van der Waals surface area contributed by atoms with Crippen LogP contribution in [0.15, 0.2) is 0 Å². The predicted octanol–water partition coefficient (Wildman–Crippen LogP) is 1.91. The van der Waals surface area contributed by atoms with Crippen molar-refractivity contribution >= 4 is 0 Å². The molecule has 0 N–H and O–H groups in total. The van der Waals surface area contributed by atoms with Gasteiger partial charge in [-0.25, -0.2) is 0 Å². The molecule has 0 unspecified atom stereocenters. The predicted molar refractivity (Wildman–Crippen MR) is 62.2 cm³/mol. The molecule has 0 spiro atoms. The van der Waals surface area contributed by atoms with E-state index in [-0.39, 0.29) is 0 Å². The summed E-state index contributed by atoms with van der Waals surface area (Å²) in [6, 6.07) is 1.11. The van der Waals surface area contributed by atoms with Gasteiger partial charge in [0.25, 0.3) is 0 Å². The fourth-order valence-electron chi connectivity index (χ4n) is 2.07. The Morgan fingerprint density at radius 1 is 1.20 bits per heavy atom. The van der Waals surface area contributed by atoms with E-state index in [4.69, 9.17) is 9.47 Å². The smallest absolute Gasteiger partial charge is 0.0620 e. The van der Waals surface area contributed by atoms with Crippen molar-refractivity contribution in [3.8, 4) is 0 Å². The highest BCUT2D eigenvalue weighted by atomic mass is 16.5.